The van der Waals surface area contributed by atoms with Gasteiger partial charge in [0.05, 0.1) is 6.54 Å². The van der Waals surface area contributed by atoms with Crippen molar-refractivity contribution in [3.05, 3.63) is 23.9 Å². The standard InChI is InChI=1S/C17H28N4O4/c1-17(2,3)25-16(23)20-11-13(24-6)15(22)19-10-12-7-8-14(18-9-12)21(4)5/h7-9,13H,10-11H2,1-6H3,(H,19,22)(H,20,23). The summed E-state index contributed by atoms with van der Waals surface area (Å²) in [5.41, 5.74) is 0.273. The molecule has 0 saturated carbocycles. The lowest BCUT2D eigenvalue weighted by molar-refractivity contribution is -0.130. The van der Waals surface area contributed by atoms with Gasteiger partial charge in [0.25, 0.3) is 5.91 Å². The fraction of sp³-hybridized carbons (Fsp3) is 0.588. The molecule has 0 bridgehead atoms. The van der Waals surface area contributed by atoms with E-state index in [2.05, 4.69) is 15.6 Å². The van der Waals surface area contributed by atoms with E-state index >= 15 is 0 Å². The first-order valence-electron chi connectivity index (χ1n) is 8.02. The minimum atomic E-state index is -0.804. The van der Waals surface area contributed by atoms with Gasteiger partial charge < -0.3 is 25.0 Å². The molecular formula is C17H28N4O4. The van der Waals surface area contributed by atoms with E-state index in [1.165, 1.54) is 7.11 Å². The van der Waals surface area contributed by atoms with Gasteiger partial charge in [0.2, 0.25) is 0 Å². The molecule has 8 heteroatoms. The second-order valence-corrected chi connectivity index (χ2v) is 6.74. The van der Waals surface area contributed by atoms with Crippen molar-refractivity contribution in [2.75, 3.05) is 32.6 Å². The zero-order valence-electron chi connectivity index (χ0n) is 15.8. The zero-order chi connectivity index (χ0) is 19.0. The van der Waals surface area contributed by atoms with E-state index in [1.807, 2.05) is 31.1 Å². The molecule has 2 amide bonds. The number of amides is 2. The highest BCUT2D eigenvalue weighted by Gasteiger charge is 2.21. The molecule has 1 aromatic rings. The van der Waals surface area contributed by atoms with Crippen LogP contribution in [0.5, 0.6) is 0 Å². The van der Waals surface area contributed by atoms with E-state index in [-0.39, 0.29) is 12.5 Å². The number of rotatable bonds is 7. The molecular weight excluding hydrogens is 324 g/mol. The minimum Gasteiger partial charge on any atom is -0.444 e. The normalized spacial score (nSPS) is 12.2. The van der Waals surface area contributed by atoms with Crippen LogP contribution in [0, 0.1) is 0 Å². The lowest BCUT2D eigenvalue weighted by Gasteiger charge is -2.21. The Hall–Kier alpha value is -2.35. The number of hydrogen-bond donors (Lipinski definition) is 2. The number of carbonyl (C=O) groups excluding carboxylic acids is 2. The van der Waals surface area contributed by atoms with Crippen LogP contribution in [0.25, 0.3) is 0 Å². The Balaban J connectivity index is 2.46. The van der Waals surface area contributed by atoms with E-state index in [0.29, 0.717) is 6.54 Å². The maximum Gasteiger partial charge on any atom is 0.407 e. The maximum absolute atomic E-state index is 12.2. The molecule has 0 aromatic carbocycles. The summed E-state index contributed by atoms with van der Waals surface area (Å²) in [6, 6.07) is 3.77. The molecule has 0 fully saturated rings. The Bertz CT molecular complexity index is 567. The minimum absolute atomic E-state index is 0.0229. The maximum atomic E-state index is 12.2. The second-order valence-electron chi connectivity index (χ2n) is 6.74. The predicted octanol–water partition coefficient (Wildman–Crippen LogP) is 1.30. The molecule has 0 aliphatic heterocycles. The van der Waals surface area contributed by atoms with E-state index in [9.17, 15) is 9.59 Å². The molecule has 140 valence electrons. The molecule has 0 spiro atoms. The molecule has 0 radical (unpaired) electrons. The molecule has 1 aromatic heterocycles. The van der Waals surface area contributed by atoms with Gasteiger partial charge in [-0.3, -0.25) is 4.79 Å². The topological polar surface area (TPSA) is 92.8 Å². The van der Waals surface area contributed by atoms with Crippen LogP contribution in [0.2, 0.25) is 0 Å². The summed E-state index contributed by atoms with van der Waals surface area (Å²) in [6.45, 7) is 5.65. The van der Waals surface area contributed by atoms with Gasteiger partial charge in [-0.15, -0.1) is 0 Å². The highest BCUT2D eigenvalue weighted by molar-refractivity contribution is 5.81. The number of methoxy groups -OCH3 is 1. The highest BCUT2D eigenvalue weighted by atomic mass is 16.6. The molecule has 1 unspecified atom stereocenters. The van der Waals surface area contributed by atoms with E-state index in [1.54, 1.807) is 27.0 Å². The molecule has 1 atom stereocenters. The highest BCUT2D eigenvalue weighted by Crippen LogP contribution is 2.08. The van der Waals surface area contributed by atoms with Crippen LogP contribution < -0.4 is 15.5 Å². The molecule has 1 heterocycles. The number of pyridine rings is 1. The van der Waals surface area contributed by atoms with Crippen LogP contribution in [0.1, 0.15) is 26.3 Å². The van der Waals surface area contributed by atoms with Gasteiger partial charge in [-0.25, -0.2) is 9.78 Å². The number of hydrogen-bond acceptors (Lipinski definition) is 6. The summed E-state index contributed by atoms with van der Waals surface area (Å²) in [5, 5.41) is 5.29. The summed E-state index contributed by atoms with van der Waals surface area (Å²) >= 11 is 0. The third kappa shape index (κ3) is 7.84. The number of ether oxygens (including phenoxy) is 2. The first kappa shape index (κ1) is 20.7. The van der Waals surface area contributed by atoms with Crippen LogP contribution in [0.15, 0.2) is 18.3 Å². The third-order valence-electron chi connectivity index (χ3n) is 3.14. The van der Waals surface area contributed by atoms with Crippen molar-refractivity contribution in [3.63, 3.8) is 0 Å². The van der Waals surface area contributed by atoms with Crippen molar-refractivity contribution >= 4 is 17.8 Å². The van der Waals surface area contributed by atoms with Gasteiger partial charge in [-0.1, -0.05) is 6.07 Å². The van der Waals surface area contributed by atoms with Gasteiger partial charge in [-0.05, 0) is 32.4 Å². The number of alkyl carbamates (subject to hydrolysis) is 1. The Morgan fingerprint density at radius 1 is 1.24 bits per heavy atom. The first-order valence-corrected chi connectivity index (χ1v) is 8.02. The Labute approximate surface area is 148 Å². The van der Waals surface area contributed by atoms with Crippen LogP contribution >= 0.6 is 0 Å². The molecule has 2 N–H and O–H groups in total. The van der Waals surface area contributed by atoms with Gasteiger partial charge in [0.15, 0.2) is 6.10 Å². The summed E-state index contributed by atoms with van der Waals surface area (Å²) in [4.78, 5) is 30.0. The lowest BCUT2D eigenvalue weighted by atomic mass is 10.2. The van der Waals surface area contributed by atoms with Crippen LogP contribution in [0.3, 0.4) is 0 Å². The monoisotopic (exact) mass is 352 g/mol. The fourth-order valence-electron chi connectivity index (χ4n) is 1.86. The molecule has 8 nitrogen and oxygen atoms in total. The second kappa shape index (κ2) is 9.22. The molecule has 0 aliphatic carbocycles. The van der Waals surface area contributed by atoms with Crippen molar-refractivity contribution in [2.45, 2.75) is 39.0 Å². The van der Waals surface area contributed by atoms with Gasteiger partial charge >= 0.3 is 6.09 Å². The molecule has 0 saturated heterocycles. The van der Waals surface area contributed by atoms with Crippen molar-refractivity contribution in [3.8, 4) is 0 Å². The molecule has 1 rings (SSSR count). The zero-order valence-corrected chi connectivity index (χ0v) is 15.8. The predicted molar refractivity (Wildman–Crippen MR) is 95.4 cm³/mol. The quantitative estimate of drug-likeness (QED) is 0.768. The summed E-state index contributed by atoms with van der Waals surface area (Å²) in [6.07, 6.45) is 0.309. The van der Waals surface area contributed by atoms with Crippen molar-refractivity contribution in [1.82, 2.24) is 15.6 Å². The SMILES string of the molecule is COC(CNC(=O)OC(C)(C)C)C(=O)NCc1ccc(N(C)C)nc1. The van der Waals surface area contributed by atoms with Crippen molar-refractivity contribution < 1.29 is 19.1 Å². The number of carbonyl (C=O) groups is 2. The largest absolute Gasteiger partial charge is 0.444 e. The first-order chi connectivity index (χ1) is 11.6. The fourth-order valence-corrected chi connectivity index (χ4v) is 1.86. The van der Waals surface area contributed by atoms with E-state index < -0.39 is 17.8 Å². The number of nitrogens with one attached hydrogen (secondary N) is 2. The van der Waals surface area contributed by atoms with Gasteiger partial charge in [0.1, 0.15) is 11.4 Å². The van der Waals surface area contributed by atoms with Crippen molar-refractivity contribution in [1.29, 1.82) is 0 Å². The average molecular weight is 352 g/mol. The Kier molecular flexibility index (Phi) is 7.63. The number of anilines is 1. The summed E-state index contributed by atoms with van der Waals surface area (Å²) in [7, 11) is 5.23. The summed E-state index contributed by atoms with van der Waals surface area (Å²) < 4.78 is 10.2. The number of aromatic nitrogens is 1. The van der Waals surface area contributed by atoms with Gasteiger partial charge in [-0.2, -0.15) is 0 Å². The average Bonchev–Trinajstić information content (AvgIpc) is 2.52. The van der Waals surface area contributed by atoms with E-state index in [0.717, 1.165) is 11.4 Å². The van der Waals surface area contributed by atoms with Crippen LogP contribution in [-0.4, -0.2) is 56.4 Å². The smallest absolute Gasteiger partial charge is 0.407 e. The molecule has 25 heavy (non-hydrogen) atoms. The van der Waals surface area contributed by atoms with Crippen LogP contribution in [-0.2, 0) is 20.8 Å². The Morgan fingerprint density at radius 3 is 2.40 bits per heavy atom. The lowest BCUT2D eigenvalue weighted by Crippen LogP contribution is -2.44. The summed E-state index contributed by atoms with van der Waals surface area (Å²) in [5.74, 6) is 0.515. The van der Waals surface area contributed by atoms with Crippen LogP contribution in [0.4, 0.5) is 10.6 Å². The third-order valence-corrected chi connectivity index (χ3v) is 3.14. The van der Waals surface area contributed by atoms with Gasteiger partial charge in [0, 0.05) is 33.9 Å². The van der Waals surface area contributed by atoms with E-state index in [4.69, 9.17) is 9.47 Å². The molecule has 0 aliphatic rings. The number of nitrogens with zero attached hydrogens (tertiary/aromatic N) is 2. The van der Waals surface area contributed by atoms with Crippen molar-refractivity contribution in [2.24, 2.45) is 0 Å². The Morgan fingerprint density at radius 2 is 1.92 bits per heavy atom.